The molecule has 19 heteroatoms. The third-order valence-corrected chi connectivity index (χ3v) is 8.18. The average molecular weight is 639 g/mol. The molecule has 0 aromatic rings. The van der Waals surface area contributed by atoms with E-state index in [4.69, 9.17) is 29.4 Å². The van der Waals surface area contributed by atoms with Gasteiger partial charge in [-0.25, -0.2) is 0 Å². The molecule has 0 heterocycles. The van der Waals surface area contributed by atoms with Gasteiger partial charge in [-0.3, -0.25) is 28.1 Å². The molecule has 9 N–H and O–H groups in total. The first-order valence-corrected chi connectivity index (χ1v) is 18.5. The summed E-state index contributed by atoms with van der Waals surface area (Å²) in [6, 6.07) is 0. The van der Waals surface area contributed by atoms with Crippen molar-refractivity contribution in [2.24, 2.45) is 0 Å². The molecule has 0 spiro atoms. The third kappa shape index (κ3) is 28.4. The van der Waals surface area contributed by atoms with Crippen molar-refractivity contribution < 1.29 is 57.4 Å². The van der Waals surface area contributed by atoms with Gasteiger partial charge in [0.2, 0.25) is 17.7 Å². The fourth-order valence-electron chi connectivity index (χ4n) is 3.53. The first-order valence-electron chi connectivity index (χ1n) is 13.1. The summed E-state index contributed by atoms with van der Waals surface area (Å²) >= 11 is 0. The molecule has 3 amide bonds. The smallest absolute Gasteiger partial charge is 0.325 e. The molecule has 0 radical (unpaired) electrons. The maximum atomic E-state index is 11.8. The van der Waals surface area contributed by atoms with Crippen LogP contribution >= 0.6 is 22.8 Å². The van der Waals surface area contributed by atoms with Crippen LogP contribution in [0.2, 0.25) is 0 Å². The molecular weight excluding hydrogens is 593 g/mol. The van der Waals surface area contributed by atoms with Crippen molar-refractivity contribution >= 4 is 40.5 Å². The minimum atomic E-state index is -4.13. The van der Waals surface area contributed by atoms with Crippen molar-refractivity contribution in [3.63, 3.8) is 0 Å². The van der Waals surface area contributed by atoms with E-state index in [1.165, 1.54) is 0 Å². The Morgan fingerprint density at radius 2 is 0.725 bits per heavy atom. The summed E-state index contributed by atoms with van der Waals surface area (Å²) in [7, 11) is -12.4. The Bertz CT molecular complexity index is 791. The number of nitrogens with zero attached hydrogens (tertiary/aromatic N) is 1. The van der Waals surface area contributed by atoms with Crippen LogP contribution in [0.1, 0.15) is 57.8 Å². The van der Waals surface area contributed by atoms with E-state index in [1.54, 1.807) is 0 Å². The minimum absolute atomic E-state index is 0.0105. The molecule has 0 saturated heterocycles. The molecule has 0 aromatic heterocycles. The highest BCUT2D eigenvalue weighted by Crippen LogP contribution is 2.36. The van der Waals surface area contributed by atoms with Gasteiger partial charge < -0.3 is 50.2 Å². The Balaban J connectivity index is 4.43. The van der Waals surface area contributed by atoms with Crippen molar-refractivity contribution in [3.8, 4) is 0 Å². The fraction of sp³-hybridized carbons (Fsp3) is 0.857. The van der Waals surface area contributed by atoms with Crippen molar-refractivity contribution in [3.05, 3.63) is 0 Å². The minimum Gasteiger partial charge on any atom is -0.356 e. The molecule has 0 aromatic carbocycles. The van der Waals surface area contributed by atoms with Crippen LogP contribution in [0, 0.1) is 0 Å². The van der Waals surface area contributed by atoms with Crippen LogP contribution < -0.4 is 16.0 Å². The van der Waals surface area contributed by atoms with E-state index < -0.39 is 22.8 Å². The zero-order chi connectivity index (χ0) is 30.7. The lowest BCUT2D eigenvalue weighted by Gasteiger charge is -2.22. The number of carbonyl (C=O) groups is 3. The second-order valence-corrected chi connectivity index (χ2v) is 14.8. The van der Waals surface area contributed by atoms with E-state index in [0.29, 0.717) is 58.5 Å². The second kappa shape index (κ2) is 20.7. The number of carbonyl (C=O) groups excluding carboxylic acids is 3. The first-order chi connectivity index (χ1) is 18.5. The molecule has 16 nitrogen and oxygen atoms in total. The van der Waals surface area contributed by atoms with Crippen LogP contribution in [0.3, 0.4) is 0 Å². The van der Waals surface area contributed by atoms with Gasteiger partial charge in [-0.2, -0.15) is 0 Å². The predicted molar refractivity (Wildman–Crippen MR) is 148 cm³/mol. The summed E-state index contributed by atoms with van der Waals surface area (Å²) in [5.74, 6) is -0.909. The highest BCUT2D eigenvalue weighted by Gasteiger charge is 2.15. The second-order valence-electron chi connectivity index (χ2n) is 9.43. The topological polar surface area (TPSA) is 263 Å². The number of hydrogen-bond donors (Lipinski definition) is 9. The Labute approximate surface area is 234 Å². The number of amides is 3. The van der Waals surface area contributed by atoms with Crippen molar-refractivity contribution in [2.45, 2.75) is 57.8 Å². The SMILES string of the molecule is O=C(CCCP(=O)(O)O)NCCCN(CCCNC(=O)CCCP(=O)(O)O)CCCNC(=O)CCCP(=O)(O)O. The summed E-state index contributed by atoms with van der Waals surface area (Å²) in [4.78, 5) is 90.7. The molecule has 0 aliphatic heterocycles. The molecule has 0 rings (SSSR count). The molecule has 0 atom stereocenters. The van der Waals surface area contributed by atoms with E-state index in [-0.39, 0.29) is 74.7 Å². The van der Waals surface area contributed by atoms with Gasteiger partial charge in [-0.05, 0) is 58.2 Å². The lowest BCUT2D eigenvalue weighted by Crippen LogP contribution is -2.35. The van der Waals surface area contributed by atoms with Gasteiger partial charge in [0.05, 0.1) is 18.5 Å². The van der Waals surface area contributed by atoms with Gasteiger partial charge in [0.15, 0.2) is 0 Å². The average Bonchev–Trinajstić information content (AvgIpc) is 2.79. The molecule has 0 aliphatic rings. The van der Waals surface area contributed by atoms with Crippen LogP contribution in [-0.4, -0.2) is 110 Å². The summed E-state index contributed by atoms with van der Waals surface area (Å²) in [5.41, 5.74) is 0. The molecule has 236 valence electrons. The fourth-order valence-corrected chi connectivity index (χ4v) is 5.24. The highest BCUT2D eigenvalue weighted by atomic mass is 31.2. The van der Waals surface area contributed by atoms with E-state index in [1.807, 2.05) is 0 Å². The van der Waals surface area contributed by atoms with Crippen LogP contribution in [0.5, 0.6) is 0 Å². The zero-order valence-corrected chi connectivity index (χ0v) is 25.3. The Hall–Kier alpha value is -1.18. The molecule has 0 aliphatic carbocycles. The maximum absolute atomic E-state index is 11.8. The highest BCUT2D eigenvalue weighted by molar-refractivity contribution is 7.52. The van der Waals surface area contributed by atoms with Gasteiger partial charge in [0, 0.05) is 38.9 Å². The molecular formula is C21H45N4O12P3. The van der Waals surface area contributed by atoms with E-state index in [0.717, 1.165) is 0 Å². The van der Waals surface area contributed by atoms with Crippen LogP contribution in [0.15, 0.2) is 0 Å². The molecule has 0 bridgehead atoms. The molecule has 0 fully saturated rings. The lowest BCUT2D eigenvalue weighted by molar-refractivity contribution is -0.121. The number of rotatable bonds is 24. The summed E-state index contributed by atoms with van der Waals surface area (Å²) in [5, 5.41) is 8.12. The van der Waals surface area contributed by atoms with Gasteiger partial charge in [0.25, 0.3) is 0 Å². The van der Waals surface area contributed by atoms with Gasteiger partial charge in [-0.15, -0.1) is 0 Å². The first kappa shape index (κ1) is 38.8. The number of hydrogen-bond acceptors (Lipinski definition) is 7. The normalized spacial score (nSPS) is 12.4. The van der Waals surface area contributed by atoms with Crippen molar-refractivity contribution in [1.82, 2.24) is 20.9 Å². The zero-order valence-electron chi connectivity index (χ0n) is 22.6. The van der Waals surface area contributed by atoms with Crippen molar-refractivity contribution in [2.75, 3.05) is 57.8 Å². The van der Waals surface area contributed by atoms with Crippen LogP contribution in [0.4, 0.5) is 0 Å². The maximum Gasteiger partial charge on any atom is 0.325 e. The van der Waals surface area contributed by atoms with Gasteiger partial charge in [-0.1, -0.05) is 0 Å². The predicted octanol–water partition coefficient (Wildman–Crippen LogP) is -0.319. The molecule has 0 unspecified atom stereocenters. The van der Waals surface area contributed by atoms with Crippen LogP contribution in [-0.2, 0) is 28.1 Å². The third-order valence-electron chi connectivity index (χ3n) is 5.48. The summed E-state index contributed by atoms with van der Waals surface area (Å²) in [6.07, 6.45) is 0.992. The summed E-state index contributed by atoms with van der Waals surface area (Å²) < 4.78 is 32.6. The Morgan fingerprint density at radius 3 is 0.950 bits per heavy atom. The van der Waals surface area contributed by atoms with E-state index >= 15 is 0 Å². The Kier molecular flexibility index (Phi) is 20.0. The quantitative estimate of drug-likeness (QED) is 0.0485. The molecule has 0 saturated carbocycles. The Morgan fingerprint density at radius 1 is 0.475 bits per heavy atom. The summed E-state index contributed by atoms with van der Waals surface area (Å²) in [6.45, 7) is 2.85. The number of nitrogens with one attached hydrogen (secondary N) is 3. The lowest BCUT2D eigenvalue weighted by atomic mass is 10.2. The van der Waals surface area contributed by atoms with E-state index in [2.05, 4.69) is 20.9 Å². The van der Waals surface area contributed by atoms with E-state index in [9.17, 15) is 28.1 Å². The van der Waals surface area contributed by atoms with Crippen LogP contribution in [0.25, 0.3) is 0 Å². The standard InChI is InChI=1S/C21H45N4O12P3/c26-19(7-1-16-38(29,30)31)22-10-4-13-25(14-5-11-23-20(27)8-2-17-39(32,33)34)15-6-12-24-21(28)9-3-18-40(35,36)37/h1-18H2,(H,22,26)(H,23,27)(H,24,28)(H2,29,30,31)(H2,32,33,34)(H2,35,36,37). The molecule has 40 heavy (non-hydrogen) atoms. The van der Waals surface area contributed by atoms with Crippen molar-refractivity contribution in [1.29, 1.82) is 0 Å². The largest absolute Gasteiger partial charge is 0.356 e. The van der Waals surface area contributed by atoms with Gasteiger partial charge in [0.1, 0.15) is 0 Å². The van der Waals surface area contributed by atoms with Gasteiger partial charge >= 0.3 is 22.8 Å². The monoisotopic (exact) mass is 638 g/mol.